The minimum absolute atomic E-state index is 0.307. The molecule has 0 bridgehead atoms. The molecular formula is C14H11Cl2N3. The van der Waals surface area contributed by atoms with Gasteiger partial charge in [0.1, 0.15) is 11.3 Å². The molecule has 0 N–H and O–H groups in total. The number of imidazole rings is 1. The van der Waals surface area contributed by atoms with Crippen molar-refractivity contribution in [1.29, 1.82) is 0 Å². The highest BCUT2D eigenvalue weighted by Gasteiger charge is 2.16. The van der Waals surface area contributed by atoms with E-state index in [9.17, 15) is 0 Å². The number of hydrogen-bond acceptors (Lipinski definition) is 2. The molecule has 2 heterocycles. The molecule has 0 spiro atoms. The van der Waals surface area contributed by atoms with Crippen molar-refractivity contribution in [3.63, 3.8) is 0 Å². The van der Waals surface area contributed by atoms with Crippen LogP contribution in [-0.4, -0.2) is 14.5 Å². The predicted octanol–water partition coefficient (Wildman–Crippen LogP) is 4.12. The number of benzene rings is 1. The van der Waals surface area contributed by atoms with Crippen LogP contribution in [-0.2, 0) is 5.88 Å². The maximum Gasteiger partial charge on any atom is 0.164 e. The zero-order chi connectivity index (χ0) is 13.4. The molecule has 0 atom stereocenters. The quantitative estimate of drug-likeness (QED) is 0.665. The van der Waals surface area contributed by atoms with Gasteiger partial charge in [-0.25, -0.2) is 9.97 Å². The lowest BCUT2D eigenvalue weighted by Gasteiger charge is -2.12. The molecule has 0 radical (unpaired) electrons. The molecule has 19 heavy (non-hydrogen) atoms. The highest BCUT2D eigenvalue weighted by Crippen LogP contribution is 2.29. The topological polar surface area (TPSA) is 30.7 Å². The van der Waals surface area contributed by atoms with E-state index in [-0.39, 0.29) is 0 Å². The smallest absolute Gasteiger partial charge is 0.164 e. The Balaban J connectivity index is 2.41. The van der Waals surface area contributed by atoms with Crippen molar-refractivity contribution in [2.45, 2.75) is 12.8 Å². The molecule has 0 aliphatic heterocycles. The molecule has 0 saturated heterocycles. The van der Waals surface area contributed by atoms with Gasteiger partial charge in [-0.2, -0.15) is 0 Å². The summed E-state index contributed by atoms with van der Waals surface area (Å²) >= 11 is 12.3. The number of rotatable bonds is 2. The van der Waals surface area contributed by atoms with E-state index in [0.29, 0.717) is 10.9 Å². The Kier molecular flexibility index (Phi) is 3.17. The van der Waals surface area contributed by atoms with E-state index in [2.05, 4.69) is 9.97 Å². The molecule has 0 unspecified atom stereocenters. The summed E-state index contributed by atoms with van der Waals surface area (Å²) in [4.78, 5) is 8.89. The van der Waals surface area contributed by atoms with Crippen molar-refractivity contribution in [3.05, 3.63) is 52.9 Å². The van der Waals surface area contributed by atoms with Crippen LogP contribution >= 0.6 is 23.2 Å². The SMILES string of the molecule is Cc1cccc(Cl)c1-n1c(CCl)nc2cccnc21. The Morgan fingerprint density at radius 1 is 1.21 bits per heavy atom. The average Bonchev–Trinajstić information content (AvgIpc) is 2.77. The Morgan fingerprint density at radius 2 is 2.05 bits per heavy atom. The Morgan fingerprint density at radius 3 is 2.79 bits per heavy atom. The zero-order valence-corrected chi connectivity index (χ0v) is 11.8. The molecular weight excluding hydrogens is 281 g/mol. The third kappa shape index (κ3) is 1.99. The lowest BCUT2D eigenvalue weighted by molar-refractivity contribution is 0.961. The number of halogens is 2. The number of para-hydroxylation sites is 1. The number of aromatic nitrogens is 3. The van der Waals surface area contributed by atoms with Crippen molar-refractivity contribution in [3.8, 4) is 5.69 Å². The number of fused-ring (bicyclic) bond motifs is 1. The molecule has 3 aromatic rings. The Bertz CT molecular complexity index is 729. The van der Waals surface area contributed by atoms with E-state index >= 15 is 0 Å². The largest absolute Gasteiger partial charge is 0.278 e. The molecule has 0 aliphatic rings. The van der Waals surface area contributed by atoms with E-state index in [0.717, 1.165) is 28.2 Å². The number of pyridine rings is 1. The zero-order valence-electron chi connectivity index (χ0n) is 10.3. The number of nitrogens with zero attached hydrogens (tertiary/aromatic N) is 3. The van der Waals surface area contributed by atoms with Gasteiger partial charge in [0, 0.05) is 6.20 Å². The van der Waals surface area contributed by atoms with Crippen molar-refractivity contribution < 1.29 is 0 Å². The van der Waals surface area contributed by atoms with Crippen molar-refractivity contribution in [2.75, 3.05) is 0 Å². The lowest BCUT2D eigenvalue weighted by Crippen LogP contribution is -2.03. The summed E-state index contributed by atoms with van der Waals surface area (Å²) in [5.74, 6) is 1.05. The monoisotopic (exact) mass is 291 g/mol. The van der Waals surface area contributed by atoms with Crippen LogP contribution in [0.3, 0.4) is 0 Å². The first kappa shape index (κ1) is 12.5. The molecule has 96 valence electrons. The average molecular weight is 292 g/mol. The Labute approximate surface area is 120 Å². The first-order valence-corrected chi connectivity index (χ1v) is 6.77. The van der Waals surface area contributed by atoms with E-state index < -0.39 is 0 Å². The fraction of sp³-hybridized carbons (Fsp3) is 0.143. The van der Waals surface area contributed by atoms with Crippen LogP contribution in [0.1, 0.15) is 11.4 Å². The summed E-state index contributed by atoms with van der Waals surface area (Å²) in [5, 5.41) is 0.663. The first-order chi connectivity index (χ1) is 9.22. The van der Waals surface area contributed by atoms with Crippen molar-refractivity contribution in [1.82, 2.24) is 14.5 Å². The van der Waals surface area contributed by atoms with Crippen molar-refractivity contribution in [2.24, 2.45) is 0 Å². The molecule has 5 heteroatoms. The number of hydrogen-bond donors (Lipinski definition) is 0. The van der Waals surface area contributed by atoms with Gasteiger partial charge < -0.3 is 0 Å². The van der Waals surface area contributed by atoms with E-state index in [1.807, 2.05) is 41.8 Å². The lowest BCUT2D eigenvalue weighted by atomic mass is 10.2. The number of aryl methyl sites for hydroxylation is 1. The van der Waals surface area contributed by atoms with E-state index in [1.165, 1.54) is 0 Å². The minimum atomic E-state index is 0.307. The standard InChI is InChI=1S/C14H11Cl2N3/c1-9-4-2-5-10(16)13(9)19-12(8-15)18-11-6-3-7-17-14(11)19/h2-7H,8H2,1H3. The highest BCUT2D eigenvalue weighted by atomic mass is 35.5. The molecule has 3 nitrogen and oxygen atoms in total. The van der Waals surface area contributed by atoms with Crippen LogP contribution in [0, 0.1) is 6.92 Å². The van der Waals surface area contributed by atoms with Gasteiger partial charge in [-0.05, 0) is 30.7 Å². The predicted molar refractivity (Wildman–Crippen MR) is 78.2 cm³/mol. The maximum atomic E-state index is 6.33. The van der Waals surface area contributed by atoms with Gasteiger partial charge in [0.25, 0.3) is 0 Å². The van der Waals surface area contributed by atoms with E-state index in [1.54, 1.807) is 6.20 Å². The van der Waals surface area contributed by atoms with Crippen LogP contribution in [0.25, 0.3) is 16.9 Å². The third-order valence-electron chi connectivity index (χ3n) is 3.02. The van der Waals surface area contributed by atoms with Crippen LogP contribution < -0.4 is 0 Å². The van der Waals surface area contributed by atoms with Gasteiger partial charge in [-0.15, -0.1) is 11.6 Å². The summed E-state index contributed by atoms with van der Waals surface area (Å²) in [6, 6.07) is 9.57. The molecule has 2 aromatic heterocycles. The second kappa shape index (κ2) is 4.83. The normalized spacial score (nSPS) is 11.1. The first-order valence-electron chi connectivity index (χ1n) is 5.86. The van der Waals surface area contributed by atoms with Crippen LogP contribution in [0.2, 0.25) is 5.02 Å². The van der Waals surface area contributed by atoms with Gasteiger partial charge >= 0.3 is 0 Å². The molecule has 0 saturated carbocycles. The molecule has 0 amide bonds. The fourth-order valence-electron chi connectivity index (χ4n) is 2.19. The van der Waals surface area contributed by atoms with Crippen LogP contribution in [0.4, 0.5) is 0 Å². The van der Waals surface area contributed by atoms with Gasteiger partial charge in [0.05, 0.1) is 16.6 Å². The summed E-state index contributed by atoms with van der Waals surface area (Å²) in [7, 11) is 0. The molecule has 0 aliphatic carbocycles. The van der Waals surface area contributed by atoms with Gasteiger partial charge in [-0.3, -0.25) is 4.57 Å². The van der Waals surface area contributed by atoms with Crippen molar-refractivity contribution >= 4 is 34.4 Å². The number of alkyl halides is 1. The van der Waals surface area contributed by atoms with Crippen LogP contribution in [0.5, 0.6) is 0 Å². The second-order valence-corrected chi connectivity index (χ2v) is 4.92. The summed E-state index contributed by atoms with van der Waals surface area (Å²) in [6.07, 6.45) is 1.74. The molecule has 1 aromatic carbocycles. The summed E-state index contributed by atoms with van der Waals surface area (Å²) in [6.45, 7) is 2.01. The van der Waals surface area contributed by atoms with Gasteiger partial charge in [-0.1, -0.05) is 23.7 Å². The fourth-order valence-corrected chi connectivity index (χ4v) is 2.68. The third-order valence-corrected chi connectivity index (χ3v) is 3.56. The summed E-state index contributed by atoms with van der Waals surface area (Å²) < 4.78 is 1.93. The maximum absolute atomic E-state index is 6.33. The molecule has 3 rings (SSSR count). The molecule has 0 fully saturated rings. The minimum Gasteiger partial charge on any atom is -0.278 e. The van der Waals surface area contributed by atoms with Gasteiger partial charge in [0.2, 0.25) is 0 Å². The van der Waals surface area contributed by atoms with E-state index in [4.69, 9.17) is 23.2 Å². The van der Waals surface area contributed by atoms with Crippen LogP contribution in [0.15, 0.2) is 36.5 Å². The summed E-state index contributed by atoms with van der Waals surface area (Å²) in [5.41, 5.74) is 3.54. The highest BCUT2D eigenvalue weighted by molar-refractivity contribution is 6.32. The Hall–Kier alpha value is -1.58. The van der Waals surface area contributed by atoms with Gasteiger partial charge in [0.15, 0.2) is 5.65 Å². The second-order valence-electron chi connectivity index (χ2n) is 4.25.